The lowest BCUT2D eigenvalue weighted by Crippen LogP contribution is -2.51. The van der Waals surface area contributed by atoms with Gasteiger partial charge in [0.05, 0.1) is 0 Å². The lowest BCUT2D eigenvalue weighted by atomic mass is 9.65. The third-order valence-corrected chi connectivity index (χ3v) is 4.39. The molecule has 0 saturated carbocycles. The minimum absolute atomic E-state index is 0.625. The Bertz CT molecular complexity index is 181. The molecule has 2 unspecified atom stereocenters. The monoisotopic (exact) mass is 182 g/mol. The first-order valence-electron chi connectivity index (χ1n) is 5.54. The molecule has 13 heavy (non-hydrogen) atoms. The maximum atomic E-state index is 3.53. The van der Waals surface area contributed by atoms with Gasteiger partial charge in [0.25, 0.3) is 0 Å². The molecule has 76 valence electrons. The smallest absolute Gasteiger partial charge is 0.00415 e. The van der Waals surface area contributed by atoms with E-state index in [2.05, 4.69) is 31.1 Å². The molecule has 2 saturated heterocycles. The van der Waals surface area contributed by atoms with Gasteiger partial charge in [0.2, 0.25) is 0 Å². The minimum Gasteiger partial charge on any atom is -0.316 e. The zero-order chi connectivity index (χ0) is 9.47. The van der Waals surface area contributed by atoms with Gasteiger partial charge in [-0.2, -0.15) is 0 Å². The number of nitrogens with zero attached hydrogens (tertiary/aromatic N) is 1. The number of hydrogen-bond donors (Lipinski definition) is 1. The van der Waals surface area contributed by atoms with Crippen LogP contribution in [0.1, 0.15) is 20.3 Å². The van der Waals surface area contributed by atoms with Crippen molar-refractivity contribution < 1.29 is 0 Å². The van der Waals surface area contributed by atoms with E-state index in [1.165, 1.54) is 32.6 Å². The van der Waals surface area contributed by atoms with Crippen LogP contribution in [0.3, 0.4) is 0 Å². The van der Waals surface area contributed by atoms with Crippen molar-refractivity contribution in [1.29, 1.82) is 0 Å². The summed E-state index contributed by atoms with van der Waals surface area (Å²) in [5.41, 5.74) is 0.625. The molecular formula is C11H22N2. The summed E-state index contributed by atoms with van der Waals surface area (Å²) >= 11 is 0. The van der Waals surface area contributed by atoms with Crippen molar-refractivity contribution in [2.75, 3.05) is 33.2 Å². The Morgan fingerprint density at radius 2 is 1.85 bits per heavy atom. The first kappa shape index (κ1) is 9.47. The molecule has 2 nitrogen and oxygen atoms in total. The fraction of sp³-hybridized carbons (Fsp3) is 1.00. The molecule has 2 heteroatoms. The number of rotatable bonds is 0. The van der Waals surface area contributed by atoms with Gasteiger partial charge in [-0.1, -0.05) is 13.8 Å². The summed E-state index contributed by atoms with van der Waals surface area (Å²) in [5.74, 6) is 1.70. The van der Waals surface area contributed by atoms with Crippen LogP contribution in [0.5, 0.6) is 0 Å². The average Bonchev–Trinajstić information content (AvgIpc) is 2.46. The van der Waals surface area contributed by atoms with Crippen LogP contribution in [0.2, 0.25) is 0 Å². The summed E-state index contributed by atoms with van der Waals surface area (Å²) in [4.78, 5) is 2.50. The fourth-order valence-electron chi connectivity index (χ4n) is 3.27. The Morgan fingerprint density at radius 3 is 2.31 bits per heavy atom. The first-order chi connectivity index (χ1) is 6.15. The second kappa shape index (κ2) is 3.25. The summed E-state index contributed by atoms with van der Waals surface area (Å²) in [6.07, 6.45) is 1.41. The Kier molecular flexibility index (Phi) is 2.37. The maximum absolute atomic E-state index is 3.53. The van der Waals surface area contributed by atoms with E-state index in [-0.39, 0.29) is 0 Å². The Labute approximate surface area is 81.7 Å². The number of likely N-dealkylation sites (tertiary alicyclic amines) is 1. The molecule has 0 bridgehead atoms. The van der Waals surface area contributed by atoms with Gasteiger partial charge in [0.1, 0.15) is 0 Å². The normalized spacial score (nSPS) is 47.3. The summed E-state index contributed by atoms with van der Waals surface area (Å²) < 4.78 is 0. The molecule has 0 amide bonds. The standard InChI is InChI=1S/C11H22N2/c1-9-6-12-7-10(2)11(9)4-5-13(3)8-11/h9-10,12H,4-8H2,1-3H3. The zero-order valence-electron chi connectivity index (χ0n) is 9.14. The summed E-state index contributed by atoms with van der Waals surface area (Å²) in [5, 5.41) is 3.53. The van der Waals surface area contributed by atoms with E-state index in [4.69, 9.17) is 0 Å². The lowest BCUT2D eigenvalue weighted by Gasteiger charge is -2.45. The molecule has 1 N–H and O–H groups in total. The second-order valence-corrected chi connectivity index (χ2v) is 5.18. The first-order valence-corrected chi connectivity index (χ1v) is 5.54. The molecule has 0 aliphatic carbocycles. The van der Waals surface area contributed by atoms with Crippen LogP contribution in [0.4, 0.5) is 0 Å². The quantitative estimate of drug-likeness (QED) is 0.605. The van der Waals surface area contributed by atoms with Crippen LogP contribution in [0.25, 0.3) is 0 Å². The highest BCUT2D eigenvalue weighted by atomic mass is 15.1. The van der Waals surface area contributed by atoms with Crippen LogP contribution >= 0.6 is 0 Å². The Hall–Kier alpha value is -0.0800. The average molecular weight is 182 g/mol. The third-order valence-electron chi connectivity index (χ3n) is 4.39. The molecule has 2 fully saturated rings. The van der Waals surface area contributed by atoms with Crippen molar-refractivity contribution in [2.24, 2.45) is 17.3 Å². The lowest BCUT2D eigenvalue weighted by molar-refractivity contribution is 0.0674. The van der Waals surface area contributed by atoms with Crippen LogP contribution in [0.15, 0.2) is 0 Å². The van der Waals surface area contributed by atoms with Gasteiger partial charge < -0.3 is 10.2 Å². The van der Waals surface area contributed by atoms with E-state index in [9.17, 15) is 0 Å². The van der Waals surface area contributed by atoms with E-state index in [0.717, 1.165) is 11.8 Å². The number of piperidine rings is 1. The molecule has 1 spiro atoms. The van der Waals surface area contributed by atoms with E-state index in [1.54, 1.807) is 0 Å². The molecule has 2 aliphatic rings. The van der Waals surface area contributed by atoms with E-state index in [1.807, 2.05) is 0 Å². The van der Waals surface area contributed by atoms with Crippen LogP contribution in [-0.4, -0.2) is 38.1 Å². The molecule has 2 aliphatic heterocycles. The van der Waals surface area contributed by atoms with Crippen molar-refractivity contribution in [3.05, 3.63) is 0 Å². The van der Waals surface area contributed by atoms with Crippen LogP contribution < -0.4 is 5.32 Å². The largest absolute Gasteiger partial charge is 0.316 e. The molecule has 0 aromatic heterocycles. The Balaban J connectivity index is 2.16. The van der Waals surface area contributed by atoms with Gasteiger partial charge in [-0.25, -0.2) is 0 Å². The fourth-order valence-corrected chi connectivity index (χ4v) is 3.27. The minimum atomic E-state index is 0.625. The molecule has 0 aromatic rings. The molecule has 2 rings (SSSR count). The highest BCUT2D eigenvalue weighted by Crippen LogP contribution is 2.45. The van der Waals surface area contributed by atoms with Gasteiger partial charge in [-0.3, -0.25) is 0 Å². The van der Waals surface area contributed by atoms with Gasteiger partial charge in [0.15, 0.2) is 0 Å². The second-order valence-electron chi connectivity index (χ2n) is 5.18. The van der Waals surface area contributed by atoms with Crippen molar-refractivity contribution >= 4 is 0 Å². The SMILES string of the molecule is CC1CNCC(C)C12CCN(C)C2. The van der Waals surface area contributed by atoms with Crippen molar-refractivity contribution in [2.45, 2.75) is 20.3 Å². The van der Waals surface area contributed by atoms with Crippen molar-refractivity contribution in [1.82, 2.24) is 10.2 Å². The third kappa shape index (κ3) is 1.40. The molecule has 2 heterocycles. The topological polar surface area (TPSA) is 15.3 Å². The zero-order valence-corrected chi connectivity index (χ0v) is 9.14. The highest BCUT2D eigenvalue weighted by molar-refractivity contribution is 4.99. The molecular weight excluding hydrogens is 160 g/mol. The van der Waals surface area contributed by atoms with E-state index < -0.39 is 0 Å². The van der Waals surface area contributed by atoms with Crippen LogP contribution in [-0.2, 0) is 0 Å². The predicted molar refractivity (Wildman–Crippen MR) is 55.7 cm³/mol. The summed E-state index contributed by atoms with van der Waals surface area (Å²) in [6.45, 7) is 9.89. The maximum Gasteiger partial charge on any atom is 0.00415 e. The summed E-state index contributed by atoms with van der Waals surface area (Å²) in [6, 6.07) is 0. The van der Waals surface area contributed by atoms with Crippen molar-refractivity contribution in [3.8, 4) is 0 Å². The van der Waals surface area contributed by atoms with Crippen LogP contribution in [0, 0.1) is 17.3 Å². The number of hydrogen-bond acceptors (Lipinski definition) is 2. The highest BCUT2D eigenvalue weighted by Gasteiger charge is 2.46. The van der Waals surface area contributed by atoms with E-state index >= 15 is 0 Å². The van der Waals surface area contributed by atoms with E-state index in [0.29, 0.717) is 5.41 Å². The predicted octanol–water partition coefficient (Wildman–Crippen LogP) is 1.18. The molecule has 0 radical (unpaired) electrons. The molecule has 2 atom stereocenters. The van der Waals surface area contributed by atoms with Gasteiger partial charge >= 0.3 is 0 Å². The summed E-state index contributed by atoms with van der Waals surface area (Å²) in [7, 11) is 2.26. The van der Waals surface area contributed by atoms with Gasteiger partial charge in [-0.05, 0) is 50.4 Å². The number of nitrogens with one attached hydrogen (secondary N) is 1. The van der Waals surface area contributed by atoms with Crippen molar-refractivity contribution in [3.63, 3.8) is 0 Å². The van der Waals surface area contributed by atoms with Gasteiger partial charge in [-0.15, -0.1) is 0 Å². The Morgan fingerprint density at radius 1 is 1.23 bits per heavy atom. The molecule has 0 aromatic carbocycles. The van der Waals surface area contributed by atoms with Gasteiger partial charge in [0, 0.05) is 6.54 Å².